The first kappa shape index (κ1) is 16.3. The van der Waals surface area contributed by atoms with Crippen LogP contribution in [0.15, 0.2) is 24.3 Å². The molecule has 24 heavy (non-hydrogen) atoms. The Morgan fingerprint density at radius 3 is 2.29 bits per heavy atom. The second kappa shape index (κ2) is 6.13. The summed E-state index contributed by atoms with van der Waals surface area (Å²) >= 11 is 0. The highest BCUT2D eigenvalue weighted by atomic mass is 19.4. The Hall–Kier alpha value is -2.59. The first-order valence-corrected chi connectivity index (χ1v) is 7.20. The molecule has 0 amide bonds. The van der Waals surface area contributed by atoms with Gasteiger partial charge in [0.15, 0.2) is 11.6 Å². The number of hydrogen-bond donors (Lipinski definition) is 4. The number of anilines is 4. The van der Waals surface area contributed by atoms with E-state index in [0.29, 0.717) is 17.0 Å². The first-order valence-electron chi connectivity index (χ1n) is 7.20. The lowest BCUT2D eigenvalue weighted by molar-refractivity contribution is -0.495. The van der Waals surface area contributed by atoms with Gasteiger partial charge in [-0.15, -0.1) is 0 Å². The third-order valence-corrected chi connectivity index (χ3v) is 3.47. The van der Waals surface area contributed by atoms with Crippen LogP contribution in [0, 0.1) is 5.21 Å². The van der Waals surface area contributed by atoms with Crippen LogP contribution in [0.2, 0.25) is 0 Å². The lowest BCUT2D eigenvalue weighted by Crippen LogP contribution is -2.70. The minimum Gasteiger partial charge on any atom is -0.630 e. The van der Waals surface area contributed by atoms with Gasteiger partial charge in [-0.2, -0.15) is 23.1 Å². The van der Waals surface area contributed by atoms with E-state index in [1.54, 1.807) is 0 Å². The molecule has 7 nitrogen and oxygen atoms in total. The molecule has 1 fully saturated rings. The second-order valence-corrected chi connectivity index (χ2v) is 5.43. The summed E-state index contributed by atoms with van der Waals surface area (Å²) in [6, 6.07) is 4.64. The van der Waals surface area contributed by atoms with Crippen LogP contribution in [0.4, 0.5) is 42.1 Å². The predicted octanol–water partition coefficient (Wildman–Crippen LogP) is 2.09. The van der Waals surface area contributed by atoms with Gasteiger partial charge in [0.05, 0.1) is 5.56 Å². The third-order valence-electron chi connectivity index (χ3n) is 3.47. The zero-order valence-corrected chi connectivity index (χ0v) is 12.4. The molecule has 0 aliphatic heterocycles. The quantitative estimate of drug-likeness (QED) is 0.620. The topological polar surface area (TPSA) is 116 Å². The minimum atomic E-state index is -4.41. The Labute approximate surface area is 135 Å². The maximum atomic E-state index is 12.6. The van der Waals surface area contributed by atoms with Crippen molar-refractivity contribution in [2.75, 3.05) is 16.4 Å². The molecule has 1 aliphatic carbocycles. The standard InChI is InChI=1S/C14H15F3N6O/c15-14(16,17)7-1-3-8(4-2-7)19-11-10(23-24)12(20-9-5-6-9)22-13(18)21-11/h1-4,9H,5-6,23H2,(H4,18,19,20,21,22). The number of hydrogen-bond acceptors (Lipinski definition) is 6. The molecule has 1 saturated carbocycles. The number of rotatable bonds is 5. The molecular formula is C14H15F3N6O. The maximum Gasteiger partial charge on any atom is 0.416 e. The Balaban J connectivity index is 1.87. The van der Waals surface area contributed by atoms with E-state index in [1.807, 2.05) is 0 Å². The average Bonchev–Trinajstić information content (AvgIpc) is 3.31. The van der Waals surface area contributed by atoms with Gasteiger partial charge < -0.3 is 27.1 Å². The highest BCUT2D eigenvalue weighted by Crippen LogP contribution is 2.33. The predicted molar refractivity (Wildman–Crippen MR) is 82.8 cm³/mol. The number of nitrogens with zero attached hydrogens (tertiary/aromatic N) is 2. The SMILES string of the molecule is Nc1nc(Nc2ccc(C(F)(F)F)cc2)c([NH2+][O-])c(NC2CC2)n1. The molecule has 0 atom stereocenters. The summed E-state index contributed by atoms with van der Waals surface area (Å²) in [6.07, 6.45) is -2.46. The van der Waals surface area contributed by atoms with Crippen molar-refractivity contribution < 1.29 is 18.7 Å². The number of alkyl halides is 3. The van der Waals surface area contributed by atoms with Crippen molar-refractivity contribution in [2.24, 2.45) is 0 Å². The summed E-state index contributed by atoms with van der Waals surface area (Å²) < 4.78 is 37.8. The van der Waals surface area contributed by atoms with Crippen LogP contribution in [0.1, 0.15) is 18.4 Å². The van der Waals surface area contributed by atoms with E-state index in [-0.39, 0.29) is 23.5 Å². The average molecular weight is 340 g/mol. The number of nitrogens with two attached hydrogens (primary N) is 2. The van der Waals surface area contributed by atoms with Crippen molar-refractivity contribution in [2.45, 2.75) is 25.1 Å². The number of aromatic nitrogens is 2. The Bertz CT molecular complexity index is 731. The summed E-state index contributed by atoms with van der Waals surface area (Å²) in [4.78, 5) is 7.97. The smallest absolute Gasteiger partial charge is 0.416 e. The number of nitrogens with one attached hydrogen (secondary N) is 2. The van der Waals surface area contributed by atoms with E-state index in [0.717, 1.165) is 25.0 Å². The molecule has 1 aromatic heterocycles. The van der Waals surface area contributed by atoms with E-state index < -0.39 is 11.7 Å². The molecule has 0 radical (unpaired) electrons. The van der Waals surface area contributed by atoms with Crippen LogP contribution >= 0.6 is 0 Å². The van der Waals surface area contributed by atoms with Crippen molar-refractivity contribution in [1.29, 1.82) is 0 Å². The molecule has 3 rings (SSSR count). The van der Waals surface area contributed by atoms with Gasteiger partial charge >= 0.3 is 6.18 Å². The number of nitrogen functional groups attached to an aromatic ring is 1. The van der Waals surface area contributed by atoms with Crippen molar-refractivity contribution in [3.8, 4) is 0 Å². The summed E-state index contributed by atoms with van der Waals surface area (Å²) in [5.41, 5.74) is 5.99. The molecule has 1 aliphatic rings. The van der Waals surface area contributed by atoms with Gasteiger partial charge in [-0.1, -0.05) is 0 Å². The molecule has 0 spiro atoms. The largest absolute Gasteiger partial charge is 0.630 e. The van der Waals surface area contributed by atoms with Gasteiger partial charge in [-0.25, -0.2) is 0 Å². The van der Waals surface area contributed by atoms with Gasteiger partial charge in [-0.3, -0.25) is 0 Å². The number of halogens is 3. The van der Waals surface area contributed by atoms with Crippen LogP contribution in [-0.2, 0) is 6.18 Å². The summed E-state index contributed by atoms with van der Waals surface area (Å²) in [7, 11) is 0. The van der Waals surface area contributed by atoms with Gasteiger partial charge in [0.25, 0.3) is 0 Å². The Morgan fingerprint density at radius 2 is 1.75 bits per heavy atom. The summed E-state index contributed by atoms with van der Waals surface area (Å²) in [5.74, 6) is 0.410. The van der Waals surface area contributed by atoms with Crippen molar-refractivity contribution in [3.05, 3.63) is 35.0 Å². The van der Waals surface area contributed by atoms with E-state index in [1.165, 1.54) is 12.1 Å². The molecular weight excluding hydrogens is 325 g/mol. The zero-order chi connectivity index (χ0) is 17.3. The lowest BCUT2D eigenvalue weighted by atomic mass is 10.2. The number of quaternary nitrogens is 1. The van der Waals surface area contributed by atoms with Gasteiger partial charge in [0.2, 0.25) is 11.6 Å². The third kappa shape index (κ3) is 3.66. The van der Waals surface area contributed by atoms with Gasteiger partial charge in [-0.05, 0) is 37.1 Å². The van der Waals surface area contributed by atoms with Crippen LogP contribution in [0.25, 0.3) is 0 Å². The molecule has 0 bridgehead atoms. The summed E-state index contributed by atoms with van der Waals surface area (Å²) in [6.45, 7) is 0. The molecule has 1 heterocycles. The van der Waals surface area contributed by atoms with Gasteiger partial charge in [0, 0.05) is 11.7 Å². The second-order valence-electron chi connectivity index (χ2n) is 5.43. The van der Waals surface area contributed by atoms with Crippen molar-refractivity contribution in [3.63, 3.8) is 0 Å². The van der Waals surface area contributed by atoms with Crippen LogP contribution in [0.3, 0.4) is 0 Å². The molecule has 0 unspecified atom stereocenters. The molecule has 0 saturated heterocycles. The Kier molecular flexibility index (Phi) is 4.16. The van der Waals surface area contributed by atoms with Crippen molar-refractivity contribution >= 4 is 29.0 Å². The highest BCUT2D eigenvalue weighted by Gasteiger charge is 2.30. The maximum absolute atomic E-state index is 12.6. The minimum absolute atomic E-state index is 0.0434. The van der Waals surface area contributed by atoms with Gasteiger partial charge in [0.1, 0.15) is 0 Å². The fourth-order valence-corrected chi connectivity index (χ4v) is 2.10. The highest BCUT2D eigenvalue weighted by molar-refractivity contribution is 5.75. The normalized spacial score (nSPS) is 14.5. The molecule has 1 aromatic carbocycles. The van der Waals surface area contributed by atoms with E-state index in [2.05, 4.69) is 20.6 Å². The molecule has 10 heteroatoms. The fraction of sp³-hybridized carbons (Fsp3) is 0.286. The monoisotopic (exact) mass is 340 g/mol. The van der Waals surface area contributed by atoms with E-state index in [9.17, 15) is 18.4 Å². The summed E-state index contributed by atoms with van der Waals surface area (Å²) in [5, 5.41) is 17.3. The number of benzene rings is 1. The molecule has 2 aromatic rings. The molecule has 128 valence electrons. The van der Waals surface area contributed by atoms with Crippen LogP contribution in [-0.4, -0.2) is 16.0 Å². The van der Waals surface area contributed by atoms with E-state index >= 15 is 0 Å². The van der Waals surface area contributed by atoms with Crippen LogP contribution < -0.4 is 21.8 Å². The molecule has 6 N–H and O–H groups in total. The van der Waals surface area contributed by atoms with Crippen molar-refractivity contribution in [1.82, 2.24) is 9.97 Å². The fourth-order valence-electron chi connectivity index (χ4n) is 2.10. The first-order chi connectivity index (χ1) is 11.4. The van der Waals surface area contributed by atoms with E-state index in [4.69, 9.17) is 5.73 Å². The Morgan fingerprint density at radius 1 is 1.12 bits per heavy atom. The van der Waals surface area contributed by atoms with Crippen LogP contribution in [0.5, 0.6) is 0 Å². The zero-order valence-electron chi connectivity index (χ0n) is 12.4. The lowest BCUT2D eigenvalue weighted by Gasteiger charge is -2.15.